The van der Waals surface area contributed by atoms with E-state index in [0.29, 0.717) is 11.8 Å². The number of hydrogen-bond donors (Lipinski definition) is 2. The molecule has 1 atom stereocenters. The van der Waals surface area contributed by atoms with Crippen LogP contribution in [0.2, 0.25) is 0 Å². The van der Waals surface area contributed by atoms with Gasteiger partial charge >= 0.3 is 0 Å². The molecule has 1 aromatic carbocycles. The van der Waals surface area contributed by atoms with Gasteiger partial charge in [-0.05, 0) is 42.9 Å². The summed E-state index contributed by atoms with van der Waals surface area (Å²) in [7, 11) is 0. The van der Waals surface area contributed by atoms with Crippen molar-refractivity contribution >= 4 is 0 Å². The fourth-order valence-corrected chi connectivity index (χ4v) is 2.85. The van der Waals surface area contributed by atoms with Crippen LogP contribution in [-0.2, 0) is 11.8 Å². The van der Waals surface area contributed by atoms with Crippen LogP contribution in [0.4, 0.5) is 0 Å². The van der Waals surface area contributed by atoms with Gasteiger partial charge < -0.3 is 10.8 Å². The molecule has 0 bridgehead atoms. The van der Waals surface area contributed by atoms with Crippen molar-refractivity contribution in [3.63, 3.8) is 0 Å². The Bertz CT molecular complexity index is 382. The van der Waals surface area contributed by atoms with E-state index in [-0.39, 0.29) is 5.41 Å². The van der Waals surface area contributed by atoms with Crippen LogP contribution in [0.1, 0.15) is 30.4 Å². The van der Waals surface area contributed by atoms with Crippen LogP contribution >= 0.6 is 0 Å². The van der Waals surface area contributed by atoms with Gasteiger partial charge in [0.1, 0.15) is 5.75 Å². The lowest BCUT2D eigenvalue weighted by atomic mass is 9.76. The molecule has 0 heterocycles. The van der Waals surface area contributed by atoms with Crippen LogP contribution < -0.4 is 5.73 Å². The molecule has 2 aliphatic carbocycles. The number of aromatic hydroxyl groups is 1. The molecule has 1 spiro atoms. The molecule has 74 valence electrons. The molecule has 0 amide bonds. The van der Waals surface area contributed by atoms with Crippen LogP contribution in [-0.4, -0.2) is 11.1 Å². The zero-order valence-corrected chi connectivity index (χ0v) is 8.16. The molecule has 2 aliphatic rings. The molecule has 2 nitrogen and oxygen atoms in total. The van der Waals surface area contributed by atoms with Crippen LogP contribution in [0.3, 0.4) is 0 Å². The lowest BCUT2D eigenvalue weighted by Crippen LogP contribution is -2.39. The van der Waals surface area contributed by atoms with Gasteiger partial charge in [-0.25, -0.2) is 0 Å². The first-order valence-electron chi connectivity index (χ1n) is 5.31. The van der Waals surface area contributed by atoms with Gasteiger partial charge in [0, 0.05) is 11.5 Å². The third kappa shape index (κ3) is 0.894. The Morgan fingerprint density at radius 1 is 1.36 bits per heavy atom. The summed E-state index contributed by atoms with van der Waals surface area (Å²) in [6.45, 7) is 0. The Kier molecular flexibility index (Phi) is 1.49. The zero-order chi connectivity index (χ0) is 9.76. The van der Waals surface area contributed by atoms with Crippen molar-refractivity contribution in [1.82, 2.24) is 0 Å². The van der Waals surface area contributed by atoms with E-state index in [1.165, 1.54) is 18.4 Å². The number of phenolic OH excluding ortho intramolecular Hbond substituents is 1. The number of phenols is 1. The quantitative estimate of drug-likeness (QED) is 0.652. The van der Waals surface area contributed by atoms with E-state index < -0.39 is 0 Å². The molecule has 0 aliphatic heterocycles. The lowest BCUT2D eigenvalue weighted by Gasteiger charge is -2.31. The van der Waals surface area contributed by atoms with E-state index in [2.05, 4.69) is 6.07 Å². The lowest BCUT2D eigenvalue weighted by molar-refractivity contribution is 0.423. The van der Waals surface area contributed by atoms with Crippen molar-refractivity contribution in [3.05, 3.63) is 29.3 Å². The SMILES string of the molecule is NC1CCc2c(O)cccc2C12CC2. The van der Waals surface area contributed by atoms with E-state index >= 15 is 0 Å². The summed E-state index contributed by atoms with van der Waals surface area (Å²) in [5, 5.41) is 9.76. The highest BCUT2D eigenvalue weighted by Gasteiger charge is 2.52. The first-order chi connectivity index (χ1) is 6.74. The van der Waals surface area contributed by atoms with Crippen molar-refractivity contribution in [1.29, 1.82) is 0 Å². The summed E-state index contributed by atoms with van der Waals surface area (Å²) < 4.78 is 0. The van der Waals surface area contributed by atoms with Gasteiger partial charge in [-0.15, -0.1) is 0 Å². The van der Waals surface area contributed by atoms with Crippen molar-refractivity contribution < 1.29 is 5.11 Å². The van der Waals surface area contributed by atoms with Crippen LogP contribution in [0.25, 0.3) is 0 Å². The Morgan fingerprint density at radius 3 is 2.86 bits per heavy atom. The zero-order valence-electron chi connectivity index (χ0n) is 8.16. The van der Waals surface area contributed by atoms with Gasteiger partial charge in [0.2, 0.25) is 0 Å². The third-order valence-corrected chi connectivity index (χ3v) is 3.89. The topological polar surface area (TPSA) is 46.2 Å². The molecule has 0 radical (unpaired) electrons. The molecular formula is C12H15NO. The van der Waals surface area contributed by atoms with Gasteiger partial charge in [-0.3, -0.25) is 0 Å². The molecule has 0 saturated heterocycles. The van der Waals surface area contributed by atoms with E-state index in [0.717, 1.165) is 18.4 Å². The molecule has 3 N–H and O–H groups in total. The minimum Gasteiger partial charge on any atom is -0.508 e. The second-order valence-corrected chi connectivity index (χ2v) is 4.60. The highest BCUT2D eigenvalue weighted by atomic mass is 16.3. The number of benzene rings is 1. The second-order valence-electron chi connectivity index (χ2n) is 4.60. The van der Waals surface area contributed by atoms with Gasteiger partial charge in [-0.2, -0.15) is 0 Å². The molecule has 1 unspecified atom stereocenters. The van der Waals surface area contributed by atoms with Crippen molar-refractivity contribution in [2.45, 2.75) is 37.1 Å². The number of hydrogen-bond acceptors (Lipinski definition) is 2. The molecule has 1 aromatic rings. The van der Waals surface area contributed by atoms with E-state index in [4.69, 9.17) is 5.73 Å². The molecule has 0 aromatic heterocycles. The fourth-order valence-electron chi connectivity index (χ4n) is 2.85. The van der Waals surface area contributed by atoms with Gasteiger partial charge in [0.05, 0.1) is 0 Å². The Morgan fingerprint density at radius 2 is 2.14 bits per heavy atom. The number of fused-ring (bicyclic) bond motifs is 2. The molecule has 3 rings (SSSR count). The summed E-state index contributed by atoms with van der Waals surface area (Å²) in [4.78, 5) is 0. The molecule has 1 fully saturated rings. The van der Waals surface area contributed by atoms with Gasteiger partial charge in [-0.1, -0.05) is 12.1 Å². The monoisotopic (exact) mass is 189 g/mol. The highest BCUT2D eigenvalue weighted by molar-refractivity contribution is 5.49. The maximum atomic E-state index is 9.76. The van der Waals surface area contributed by atoms with Crippen LogP contribution in [0, 0.1) is 0 Å². The highest BCUT2D eigenvalue weighted by Crippen LogP contribution is 2.55. The molecule has 1 saturated carbocycles. The minimum absolute atomic E-state index is 0.228. The maximum absolute atomic E-state index is 9.76. The van der Waals surface area contributed by atoms with Gasteiger partial charge in [0.25, 0.3) is 0 Å². The van der Waals surface area contributed by atoms with Crippen molar-refractivity contribution in [2.75, 3.05) is 0 Å². The normalized spacial score (nSPS) is 27.4. The van der Waals surface area contributed by atoms with Crippen LogP contribution in [0.15, 0.2) is 18.2 Å². The summed E-state index contributed by atoms with van der Waals surface area (Å²) in [6.07, 6.45) is 4.35. The van der Waals surface area contributed by atoms with Gasteiger partial charge in [0.15, 0.2) is 0 Å². The summed E-state index contributed by atoms with van der Waals surface area (Å²) >= 11 is 0. The summed E-state index contributed by atoms with van der Waals surface area (Å²) in [6, 6.07) is 6.16. The molecule has 2 heteroatoms. The molecule has 14 heavy (non-hydrogen) atoms. The Balaban J connectivity index is 2.18. The fraction of sp³-hybridized carbons (Fsp3) is 0.500. The predicted octanol–water partition coefficient (Wildman–Crippen LogP) is 1.70. The second kappa shape index (κ2) is 2.51. The number of nitrogens with two attached hydrogens (primary N) is 1. The Hall–Kier alpha value is -1.02. The average Bonchev–Trinajstić information content (AvgIpc) is 2.94. The van der Waals surface area contributed by atoms with E-state index in [9.17, 15) is 5.11 Å². The third-order valence-electron chi connectivity index (χ3n) is 3.89. The first kappa shape index (κ1) is 8.30. The Labute approximate surface area is 83.7 Å². The smallest absolute Gasteiger partial charge is 0.119 e. The minimum atomic E-state index is 0.228. The van der Waals surface area contributed by atoms with Crippen molar-refractivity contribution in [2.24, 2.45) is 5.73 Å². The standard InChI is InChI=1S/C12H15NO/c13-11-5-4-8-9(12(11)6-7-12)2-1-3-10(8)14/h1-3,11,14H,4-7,13H2. The average molecular weight is 189 g/mol. The first-order valence-corrected chi connectivity index (χ1v) is 5.31. The summed E-state index contributed by atoms with van der Waals surface area (Å²) in [5.41, 5.74) is 8.85. The molecular weight excluding hydrogens is 174 g/mol. The predicted molar refractivity (Wildman–Crippen MR) is 55.3 cm³/mol. The number of rotatable bonds is 0. The largest absolute Gasteiger partial charge is 0.508 e. The van der Waals surface area contributed by atoms with Crippen LogP contribution in [0.5, 0.6) is 5.75 Å². The summed E-state index contributed by atoms with van der Waals surface area (Å²) in [5.74, 6) is 0.459. The van der Waals surface area contributed by atoms with E-state index in [1.54, 1.807) is 6.07 Å². The van der Waals surface area contributed by atoms with E-state index in [1.807, 2.05) is 6.07 Å². The van der Waals surface area contributed by atoms with Crippen molar-refractivity contribution in [3.8, 4) is 5.75 Å². The maximum Gasteiger partial charge on any atom is 0.119 e.